The van der Waals surface area contributed by atoms with Crippen molar-refractivity contribution in [2.45, 2.75) is 46.0 Å². The topological polar surface area (TPSA) is 3.24 Å². The molecule has 1 heterocycles. The zero-order chi connectivity index (χ0) is 22.2. The summed E-state index contributed by atoms with van der Waals surface area (Å²) in [4.78, 5) is 2.32. The fourth-order valence-electron chi connectivity index (χ4n) is 5.26. The molecule has 1 aliphatic heterocycles. The molecule has 158 valence electrons. The van der Waals surface area contributed by atoms with Crippen LogP contribution in [-0.2, 0) is 5.41 Å². The van der Waals surface area contributed by atoms with Crippen LogP contribution in [0.2, 0.25) is 0 Å². The second-order valence-electron chi connectivity index (χ2n) is 8.77. The lowest BCUT2D eigenvalue weighted by atomic mass is 9.75. The van der Waals surface area contributed by atoms with Crippen LogP contribution in [0.3, 0.4) is 0 Å². The molecule has 3 aliphatic rings. The van der Waals surface area contributed by atoms with Crippen molar-refractivity contribution >= 4 is 11.1 Å². The third-order valence-corrected chi connectivity index (χ3v) is 6.65. The summed E-state index contributed by atoms with van der Waals surface area (Å²) in [6, 6.07) is 19.5. The van der Waals surface area contributed by atoms with Crippen LogP contribution >= 0.6 is 0 Å². The summed E-state index contributed by atoms with van der Waals surface area (Å²) < 4.78 is 0. The summed E-state index contributed by atoms with van der Waals surface area (Å²) in [5.41, 5.74) is 12.2. The molecule has 0 spiro atoms. The highest BCUT2D eigenvalue weighted by Gasteiger charge is 2.42. The molecular weight excluding hydrogens is 374 g/mol. The van der Waals surface area contributed by atoms with Crippen molar-refractivity contribution in [3.63, 3.8) is 0 Å². The Morgan fingerprint density at radius 1 is 0.871 bits per heavy atom. The first-order chi connectivity index (χ1) is 15.0. The number of hydrogen-bond acceptors (Lipinski definition) is 1. The molecule has 0 unspecified atom stereocenters. The minimum Gasteiger partial charge on any atom is -0.351 e. The Morgan fingerprint density at radius 3 is 2.26 bits per heavy atom. The summed E-state index contributed by atoms with van der Waals surface area (Å²) in [6.07, 6.45) is 8.81. The summed E-state index contributed by atoms with van der Waals surface area (Å²) in [5.74, 6) is 0. The van der Waals surface area contributed by atoms with E-state index >= 15 is 0 Å². The molecule has 1 heteroatoms. The van der Waals surface area contributed by atoms with E-state index in [2.05, 4.69) is 105 Å². The maximum absolute atomic E-state index is 4.50. The number of likely N-dealkylation sites (N-methyl/N-ethyl adjacent to an activating group) is 1. The van der Waals surface area contributed by atoms with Crippen LogP contribution < -0.4 is 0 Å². The zero-order valence-corrected chi connectivity index (χ0v) is 19.5. The number of hydrogen-bond donors (Lipinski definition) is 0. The van der Waals surface area contributed by atoms with E-state index < -0.39 is 0 Å². The zero-order valence-electron chi connectivity index (χ0n) is 19.5. The van der Waals surface area contributed by atoms with Crippen LogP contribution in [-0.4, -0.2) is 11.9 Å². The van der Waals surface area contributed by atoms with Crippen LogP contribution in [0.15, 0.2) is 102 Å². The maximum atomic E-state index is 4.50. The smallest absolute Gasteiger partial charge is 0.0486 e. The molecule has 0 saturated heterocycles. The Labute approximate surface area is 187 Å². The third-order valence-electron chi connectivity index (χ3n) is 6.65. The van der Waals surface area contributed by atoms with Gasteiger partial charge >= 0.3 is 0 Å². The van der Waals surface area contributed by atoms with E-state index in [9.17, 15) is 0 Å². The Hall–Kier alpha value is -3.06. The van der Waals surface area contributed by atoms with Crippen LogP contribution in [0, 0.1) is 0 Å². The van der Waals surface area contributed by atoms with E-state index in [0.29, 0.717) is 0 Å². The predicted molar refractivity (Wildman–Crippen MR) is 134 cm³/mol. The highest BCUT2D eigenvalue weighted by atomic mass is 15.1. The minimum absolute atomic E-state index is 0.000478. The maximum Gasteiger partial charge on any atom is 0.0486 e. The lowest BCUT2D eigenvalue weighted by molar-refractivity contribution is 0.520. The average Bonchev–Trinajstić information content (AvgIpc) is 3.04. The van der Waals surface area contributed by atoms with Crippen molar-refractivity contribution in [2.24, 2.45) is 0 Å². The van der Waals surface area contributed by atoms with Crippen molar-refractivity contribution in [3.8, 4) is 0 Å². The predicted octanol–water partition coefficient (Wildman–Crippen LogP) is 7.90. The highest BCUT2D eigenvalue weighted by molar-refractivity contribution is 5.87. The van der Waals surface area contributed by atoms with Gasteiger partial charge in [0.1, 0.15) is 0 Å². The fraction of sp³-hybridized carbons (Fsp3) is 0.267. The van der Waals surface area contributed by atoms with Crippen LogP contribution in [0.25, 0.3) is 11.1 Å². The molecule has 31 heavy (non-hydrogen) atoms. The first kappa shape index (κ1) is 21.2. The summed E-state index contributed by atoms with van der Waals surface area (Å²) >= 11 is 0. The van der Waals surface area contributed by atoms with Crippen molar-refractivity contribution in [1.29, 1.82) is 0 Å². The molecule has 0 radical (unpaired) electrons. The summed E-state index contributed by atoms with van der Waals surface area (Å²) in [7, 11) is 2.18. The highest BCUT2D eigenvalue weighted by Crippen LogP contribution is 2.55. The van der Waals surface area contributed by atoms with Crippen LogP contribution in [0.1, 0.15) is 57.2 Å². The quantitative estimate of drug-likeness (QED) is 0.464. The molecule has 0 amide bonds. The summed E-state index contributed by atoms with van der Waals surface area (Å²) in [5, 5.41) is 0. The molecule has 0 bridgehead atoms. The molecule has 1 nitrogen and oxygen atoms in total. The SMILES string of the molecule is C=C1/C=C(c2ccccc2)\C=C/N(C)C2=C1CCC1=C2C(C)(C)c2ccccc21.CC. The van der Waals surface area contributed by atoms with Gasteiger partial charge in [0.05, 0.1) is 0 Å². The number of fused-ring (bicyclic) bond motifs is 3. The normalized spacial score (nSPS) is 21.6. The van der Waals surface area contributed by atoms with Gasteiger partial charge in [0.2, 0.25) is 0 Å². The number of rotatable bonds is 1. The Balaban J connectivity index is 0.00000112. The third kappa shape index (κ3) is 3.43. The minimum atomic E-state index is 0.000478. The van der Waals surface area contributed by atoms with Gasteiger partial charge in [0.25, 0.3) is 0 Å². The van der Waals surface area contributed by atoms with Gasteiger partial charge in [-0.3, -0.25) is 0 Å². The van der Waals surface area contributed by atoms with Gasteiger partial charge in [-0.2, -0.15) is 0 Å². The van der Waals surface area contributed by atoms with Crippen molar-refractivity contribution in [2.75, 3.05) is 7.05 Å². The standard InChI is InChI=1S/C28H27N.C2H6/c1-19-18-21(20-10-6-5-7-11-20)16-17-29(4)27-22(19)14-15-24-23-12-8-9-13-25(23)28(2,3)26(24)27;1-2/h5-13,16-18H,1,14-15H2,2-4H3;1-2H3/b17-16-,21-18+;. The Morgan fingerprint density at radius 2 is 1.52 bits per heavy atom. The van der Waals surface area contributed by atoms with Crippen molar-refractivity contribution in [1.82, 2.24) is 4.90 Å². The van der Waals surface area contributed by atoms with E-state index in [-0.39, 0.29) is 5.41 Å². The summed E-state index contributed by atoms with van der Waals surface area (Å²) in [6.45, 7) is 13.2. The lowest BCUT2D eigenvalue weighted by Gasteiger charge is -2.36. The largest absolute Gasteiger partial charge is 0.351 e. The van der Waals surface area contributed by atoms with Crippen LogP contribution in [0.4, 0.5) is 0 Å². The second-order valence-corrected chi connectivity index (χ2v) is 8.77. The molecule has 0 aromatic heterocycles. The average molecular weight is 408 g/mol. The first-order valence-electron chi connectivity index (χ1n) is 11.4. The van der Waals surface area contributed by atoms with E-state index in [4.69, 9.17) is 0 Å². The molecule has 2 aromatic rings. The monoisotopic (exact) mass is 407 g/mol. The van der Waals surface area contributed by atoms with E-state index in [1.165, 1.54) is 44.7 Å². The van der Waals surface area contributed by atoms with Gasteiger partial charge in [-0.15, -0.1) is 0 Å². The van der Waals surface area contributed by atoms with Gasteiger partial charge in [-0.25, -0.2) is 0 Å². The molecule has 2 aliphatic carbocycles. The molecule has 0 atom stereocenters. The van der Waals surface area contributed by atoms with Gasteiger partial charge in [0, 0.05) is 24.4 Å². The van der Waals surface area contributed by atoms with Gasteiger partial charge in [-0.05, 0) is 69.5 Å². The second kappa shape index (κ2) is 8.23. The molecule has 5 rings (SSSR count). The van der Waals surface area contributed by atoms with Crippen molar-refractivity contribution < 1.29 is 0 Å². The Kier molecular flexibility index (Phi) is 5.62. The van der Waals surface area contributed by atoms with E-state index in [1.807, 2.05) is 13.8 Å². The Bertz CT molecular complexity index is 1140. The lowest BCUT2D eigenvalue weighted by Crippen LogP contribution is -2.27. The van der Waals surface area contributed by atoms with Crippen molar-refractivity contribution in [3.05, 3.63) is 119 Å². The van der Waals surface area contributed by atoms with Crippen LogP contribution in [0.5, 0.6) is 0 Å². The molecule has 0 saturated carbocycles. The number of allylic oxidation sites excluding steroid dienone is 7. The van der Waals surface area contributed by atoms with Gasteiger partial charge < -0.3 is 4.90 Å². The number of benzene rings is 2. The van der Waals surface area contributed by atoms with Gasteiger partial charge in [-0.1, -0.05) is 88.9 Å². The molecule has 0 N–H and O–H groups in total. The fourth-order valence-corrected chi connectivity index (χ4v) is 5.26. The van der Waals surface area contributed by atoms with Gasteiger partial charge in [0.15, 0.2) is 0 Å². The van der Waals surface area contributed by atoms with E-state index in [1.54, 1.807) is 0 Å². The molecular formula is C30H33N. The molecule has 2 aromatic carbocycles. The van der Waals surface area contributed by atoms with E-state index in [0.717, 1.165) is 18.4 Å². The molecule has 0 fully saturated rings. The number of nitrogens with zero attached hydrogens (tertiary/aromatic N) is 1. The first-order valence-corrected chi connectivity index (χ1v) is 11.4.